The lowest BCUT2D eigenvalue weighted by Crippen LogP contribution is -2.30. The van der Waals surface area contributed by atoms with Gasteiger partial charge in [-0.3, -0.25) is 19.5 Å². The second-order valence-electron chi connectivity index (χ2n) is 7.74. The van der Waals surface area contributed by atoms with Gasteiger partial charge in [0.2, 0.25) is 0 Å². The van der Waals surface area contributed by atoms with Crippen molar-refractivity contribution in [2.24, 2.45) is 0 Å². The van der Waals surface area contributed by atoms with Crippen LogP contribution in [0.2, 0.25) is 5.02 Å². The highest BCUT2D eigenvalue weighted by atomic mass is 35.5. The number of rotatable bonds is 3. The summed E-state index contributed by atoms with van der Waals surface area (Å²) >= 11 is 6.11. The van der Waals surface area contributed by atoms with Gasteiger partial charge in [0.05, 0.1) is 11.6 Å². The molecule has 8 heteroatoms. The fourth-order valence-corrected chi connectivity index (χ4v) is 4.40. The third-order valence-corrected chi connectivity index (χ3v) is 5.94. The minimum atomic E-state index is -0.846. The molecule has 0 saturated carbocycles. The number of pyridine rings is 1. The van der Waals surface area contributed by atoms with Gasteiger partial charge in [0, 0.05) is 28.7 Å². The molecular formula is C25H19ClN2O5. The quantitative estimate of drug-likeness (QED) is 0.351. The van der Waals surface area contributed by atoms with Crippen LogP contribution in [0, 0.1) is 6.92 Å². The molecule has 2 aromatic carbocycles. The van der Waals surface area contributed by atoms with E-state index in [4.69, 9.17) is 21.1 Å². The Bertz CT molecular complexity index is 1310. The average molecular weight is 463 g/mol. The molecule has 1 atom stereocenters. The van der Waals surface area contributed by atoms with Gasteiger partial charge in [-0.1, -0.05) is 11.6 Å². The number of aliphatic hydroxyl groups excluding tert-OH is 1. The van der Waals surface area contributed by atoms with Crippen LogP contribution in [0.3, 0.4) is 0 Å². The van der Waals surface area contributed by atoms with E-state index in [1.807, 2.05) is 6.92 Å². The summed E-state index contributed by atoms with van der Waals surface area (Å²) in [4.78, 5) is 31.9. The minimum Gasteiger partial charge on any atom is -0.507 e. The molecule has 1 N–H and O–H groups in total. The number of carbonyl (C=O) groups is 2. The maximum Gasteiger partial charge on any atom is 0.300 e. The van der Waals surface area contributed by atoms with Crippen molar-refractivity contribution in [2.45, 2.75) is 13.0 Å². The van der Waals surface area contributed by atoms with Gasteiger partial charge in [-0.25, -0.2) is 0 Å². The summed E-state index contributed by atoms with van der Waals surface area (Å²) in [7, 11) is 0. The smallest absolute Gasteiger partial charge is 0.300 e. The number of carbonyl (C=O) groups excluding carboxylic acids is 2. The highest BCUT2D eigenvalue weighted by Crippen LogP contribution is 2.44. The van der Waals surface area contributed by atoms with Crippen molar-refractivity contribution in [1.29, 1.82) is 0 Å². The summed E-state index contributed by atoms with van der Waals surface area (Å²) in [5, 5.41) is 11.8. The van der Waals surface area contributed by atoms with E-state index in [1.54, 1.807) is 60.9 Å². The Morgan fingerprint density at radius 3 is 2.48 bits per heavy atom. The van der Waals surface area contributed by atoms with Gasteiger partial charge >= 0.3 is 0 Å². The van der Waals surface area contributed by atoms with Crippen molar-refractivity contribution >= 4 is 34.7 Å². The fraction of sp³-hybridized carbons (Fsp3) is 0.160. The highest BCUT2D eigenvalue weighted by molar-refractivity contribution is 6.51. The van der Waals surface area contributed by atoms with E-state index in [9.17, 15) is 14.7 Å². The summed E-state index contributed by atoms with van der Waals surface area (Å²) in [6, 6.07) is 12.6. The van der Waals surface area contributed by atoms with Gasteiger partial charge in [0.25, 0.3) is 11.7 Å². The van der Waals surface area contributed by atoms with Gasteiger partial charge in [0.15, 0.2) is 11.5 Å². The first-order valence-electron chi connectivity index (χ1n) is 10.3. The topological polar surface area (TPSA) is 89.0 Å². The van der Waals surface area contributed by atoms with E-state index < -0.39 is 17.7 Å². The number of hydrogen-bond donors (Lipinski definition) is 1. The molecule has 5 rings (SSSR count). The number of anilines is 1. The first kappa shape index (κ1) is 21.0. The SMILES string of the molecule is Cc1cc(Cl)ccc1N1C(=O)C(=O)/C(=C(\O)c2ccc3c(c2)OCCO3)C1c1ccncc1. The van der Waals surface area contributed by atoms with Crippen LogP contribution in [0.1, 0.15) is 22.7 Å². The molecule has 3 aromatic rings. The van der Waals surface area contributed by atoms with Crippen molar-refractivity contribution in [1.82, 2.24) is 4.98 Å². The maximum atomic E-state index is 13.2. The van der Waals surface area contributed by atoms with Crippen LogP contribution >= 0.6 is 11.6 Å². The van der Waals surface area contributed by atoms with Crippen LogP contribution in [0.4, 0.5) is 5.69 Å². The number of aliphatic hydroxyl groups is 1. The van der Waals surface area contributed by atoms with Crippen molar-refractivity contribution in [3.05, 3.63) is 88.2 Å². The summed E-state index contributed by atoms with van der Waals surface area (Å²) in [5.74, 6) is -0.782. The Balaban J connectivity index is 1.70. The lowest BCUT2D eigenvalue weighted by Gasteiger charge is -2.27. The van der Waals surface area contributed by atoms with Crippen LogP contribution in [-0.2, 0) is 9.59 Å². The molecule has 1 fully saturated rings. The number of amides is 1. The zero-order chi connectivity index (χ0) is 23.1. The van der Waals surface area contributed by atoms with E-state index in [0.717, 1.165) is 5.56 Å². The number of fused-ring (bicyclic) bond motifs is 1. The lowest BCUT2D eigenvalue weighted by molar-refractivity contribution is -0.132. The van der Waals surface area contributed by atoms with E-state index in [-0.39, 0.29) is 11.3 Å². The largest absolute Gasteiger partial charge is 0.507 e. The molecule has 1 unspecified atom stereocenters. The van der Waals surface area contributed by atoms with Crippen molar-refractivity contribution in [3.63, 3.8) is 0 Å². The molecule has 2 aliphatic heterocycles. The summed E-state index contributed by atoms with van der Waals surface area (Å²) in [6.07, 6.45) is 3.16. The highest BCUT2D eigenvalue weighted by Gasteiger charge is 2.47. The molecule has 1 saturated heterocycles. The summed E-state index contributed by atoms with van der Waals surface area (Å²) in [5.41, 5.74) is 2.23. The van der Waals surface area contributed by atoms with E-state index in [2.05, 4.69) is 4.98 Å². The normalized spacial score (nSPS) is 19.1. The first-order valence-corrected chi connectivity index (χ1v) is 10.7. The number of nitrogens with zero attached hydrogens (tertiary/aromatic N) is 2. The van der Waals surface area contributed by atoms with E-state index in [0.29, 0.717) is 46.5 Å². The number of ether oxygens (including phenoxy) is 2. The molecule has 1 aromatic heterocycles. The fourth-order valence-electron chi connectivity index (χ4n) is 4.18. The van der Waals surface area contributed by atoms with Crippen LogP contribution in [0.25, 0.3) is 5.76 Å². The number of ketones is 1. The molecule has 7 nitrogen and oxygen atoms in total. The molecule has 0 spiro atoms. The van der Waals surface area contributed by atoms with Gasteiger partial charge in [0.1, 0.15) is 19.0 Å². The molecule has 33 heavy (non-hydrogen) atoms. The number of Topliss-reactive ketones (excluding diaryl/α,β-unsaturated/α-hetero) is 1. The molecular weight excluding hydrogens is 444 g/mol. The van der Waals surface area contributed by atoms with Crippen LogP contribution < -0.4 is 14.4 Å². The predicted molar refractivity (Wildman–Crippen MR) is 123 cm³/mol. The lowest BCUT2D eigenvalue weighted by atomic mass is 9.95. The average Bonchev–Trinajstić information content (AvgIpc) is 3.09. The third kappa shape index (κ3) is 3.60. The number of aryl methyl sites for hydroxylation is 1. The standard InChI is InChI=1S/C25H19ClN2O5/c1-14-12-17(26)3-4-18(14)28-22(15-6-8-27-9-7-15)21(24(30)25(28)31)23(29)16-2-5-19-20(13-16)33-11-10-32-19/h2-9,12-13,22,29H,10-11H2,1H3/b23-21-. The van der Waals surface area contributed by atoms with Crippen molar-refractivity contribution in [3.8, 4) is 11.5 Å². The second kappa shape index (κ2) is 8.26. The van der Waals surface area contributed by atoms with Gasteiger partial charge in [-0.2, -0.15) is 0 Å². The number of halogens is 1. The molecule has 2 aliphatic rings. The Hall–Kier alpha value is -3.84. The number of aromatic nitrogens is 1. The Morgan fingerprint density at radius 1 is 1.03 bits per heavy atom. The maximum absolute atomic E-state index is 13.2. The molecule has 0 bridgehead atoms. The molecule has 166 valence electrons. The van der Waals surface area contributed by atoms with Crippen molar-refractivity contribution in [2.75, 3.05) is 18.1 Å². The molecule has 1 amide bonds. The summed E-state index contributed by atoms with van der Waals surface area (Å²) in [6.45, 7) is 2.63. The van der Waals surface area contributed by atoms with Crippen LogP contribution in [0.15, 0.2) is 66.5 Å². The number of hydrogen-bond acceptors (Lipinski definition) is 6. The Morgan fingerprint density at radius 2 is 1.76 bits per heavy atom. The van der Waals surface area contributed by atoms with Crippen molar-refractivity contribution < 1.29 is 24.2 Å². The number of benzene rings is 2. The van der Waals surface area contributed by atoms with Gasteiger partial charge in [-0.15, -0.1) is 0 Å². The predicted octanol–water partition coefficient (Wildman–Crippen LogP) is 4.44. The van der Waals surface area contributed by atoms with Crippen LogP contribution in [-0.4, -0.2) is 35.0 Å². The molecule has 0 radical (unpaired) electrons. The van der Waals surface area contributed by atoms with Crippen LogP contribution in [0.5, 0.6) is 11.5 Å². The van der Waals surface area contributed by atoms with E-state index >= 15 is 0 Å². The first-order chi connectivity index (χ1) is 16.0. The van der Waals surface area contributed by atoms with Gasteiger partial charge < -0.3 is 14.6 Å². The zero-order valence-electron chi connectivity index (χ0n) is 17.6. The Labute approximate surface area is 194 Å². The monoisotopic (exact) mass is 462 g/mol. The van der Waals surface area contributed by atoms with E-state index in [1.165, 1.54) is 4.90 Å². The second-order valence-corrected chi connectivity index (χ2v) is 8.18. The summed E-state index contributed by atoms with van der Waals surface area (Å²) < 4.78 is 11.2. The minimum absolute atomic E-state index is 0.0165. The van der Waals surface area contributed by atoms with Gasteiger partial charge in [-0.05, 0) is 66.6 Å². The molecule has 0 aliphatic carbocycles. The zero-order valence-corrected chi connectivity index (χ0v) is 18.4. The Kier molecular flexibility index (Phi) is 5.26. The molecule has 3 heterocycles. The third-order valence-electron chi connectivity index (χ3n) is 5.70.